The van der Waals surface area contributed by atoms with Crippen LogP contribution in [-0.2, 0) is 6.54 Å². The summed E-state index contributed by atoms with van der Waals surface area (Å²) in [6.45, 7) is 4.53. The van der Waals surface area contributed by atoms with E-state index in [2.05, 4.69) is 42.2 Å². The van der Waals surface area contributed by atoms with E-state index < -0.39 is 0 Å². The van der Waals surface area contributed by atoms with Gasteiger partial charge in [0.05, 0.1) is 6.54 Å². The van der Waals surface area contributed by atoms with Gasteiger partial charge in [-0.15, -0.1) is 10.2 Å². The predicted octanol–water partition coefficient (Wildman–Crippen LogP) is 3.01. The molecule has 4 heteroatoms. The third-order valence-corrected chi connectivity index (χ3v) is 3.55. The van der Waals surface area contributed by atoms with E-state index in [4.69, 9.17) is 5.73 Å². The maximum absolute atomic E-state index is 5.82. The second-order valence-electron chi connectivity index (χ2n) is 5.13. The predicted molar refractivity (Wildman–Crippen MR) is 84.2 cm³/mol. The van der Waals surface area contributed by atoms with Crippen LogP contribution in [-0.4, -0.2) is 14.8 Å². The quantitative estimate of drug-likeness (QED) is 0.801. The maximum atomic E-state index is 5.82. The maximum Gasteiger partial charge on any atom is 0.168 e. The summed E-state index contributed by atoms with van der Waals surface area (Å²) < 4.78 is 2.03. The molecule has 2 N–H and O–H groups in total. The van der Waals surface area contributed by atoms with Gasteiger partial charge in [0.2, 0.25) is 0 Å². The molecule has 3 aromatic rings. The average Bonchev–Trinajstić information content (AvgIpc) is 2.92. The number of para-hydroxylation sites is 1. The number of nitrogens with two attached hydrogens (primary N) is 1. The molecule has 1 heterocycles. The Hall–Kier alpha value is -2.46. The first-order chi connectivity index (χ1) is 10.2. The summed E-state index contributed by atoms with van der Waals surface area (Å²) in [6, 6.07) is 16.4. The first kappa shape index (κ1) is 13.5. The highest BCUT2D eigenvalue weighted by molar-refractivity contribution is 5.63. The first-order valence-electron chi connectivity index (χ1n) is 6.98. The molecule has 2 aromatic carbocycles. The molecule has 0 saturated heterocycles. The Balaban J connectivity index is 2.22. The minimum Gasteiger partial charge on any atom is -0.324 e. The summed E-state index contributed by atoms with van der Waals surface area (Å²) in [5.74, 6) is 1.59. The molecule has 0 saturated carbocycles. The van der Waals surface area contributed by atoms with Crippen LogP contribution in [0.4, 0.5) is 0 Å². The Morgan fingerprint density at radius 2 is 1.76 bits per heavy atom. The fraction of sp³-hybridized carbons (Fsp3) is 0.176. The van der Waals surface area contributed by atoms with Crippen LogP contribution in [0.25, 0.3) is 17.1 Å². The van der Waals surface area contributed by atoms with Crippen LogP contribution in [0.5, 0.6) is 0 Å². The van der Waals surface area contributed by atoms with Gasteiger partial charge < -0.3 is 5.73 Å². The van der Waals surface area contributed by atoms with Crippen molar-refractivity contribution in [1.82, 2.24) is 14.8 Å². The van der Waals surface area contributed by atoms with Crippen LogP contribution in [0.1, 0.15) is 17.0 Å². The number of nitrogens with zero attached hydrogens (tertiary/aromatic N) is 3. The van der Waals surface area contributed by atoms with Crippen LogP contribution in [0.3, 0.4) is 0 Å². The SMILES string of the molecule is Cc1ccc(-c2nnc(CN)n2-c2ccccc2)c(C)c1. The standard InChI is InChI=1S/C17H18N4/c1-12-8-9-15(13(2)10-12)17-20-19-16(11-18)21(17)14-6-4-3-5-7-14/h3-10H,11,18H2,1-2H3. The number of hydrogen-bond acceptors (Lipinski definition) is 3. The van der Waals surface area contributed by atoms with Crippen molar-refractivity contribution in [2.45, 2.75) is 20.4 Å². The summed E-state index contributed by atoms with van der Waals surface area (Å²) >= 11 is 0. The molecule has 21 heavy (non-hydrogen) atoms. The van der Waals surface area contributed by atoms with Gasteiger partial charge in [-0.05, 0) is 31.5 Å². The summed E-state index contributed by atoms with van der Waals surface area (Å²) in [4.78, 5) is 0. The van der Waals surface area contributed by atoms with Gasteiger partial charge in [0.25, 0.3) is 0 Å². The largest absolute Gasteiger partial charge is 0.324 e. The Labute approximate surface area is 124 Å². The Morgan fingerprint density at radius 1 is 1.00 bits per heavy atom. The zero-order valence-corrected chi connectivity index (χ0v) is 12.2. The van der Waals surface area contributed by atoms with E-state index in [-0.39, 0.29) is 0 Å². The summed E-state index contributed by atoms with van der Waals surface area (Å²) in [5, 5.41) is 8.60. The highest BCUT2D eigenvalue weighted by Gasteiger charge is 2.15. The highest BCUT2D eigenvalue weighted by Crippen LogP contribution is 2.26. The van der Waals surface area contributed by atoms with E-state index in [0.29, 0.717) is 6.54 Å². The molecule has 0 atom stereocenters. The highest BCUT2D eigenvalue weighted by atomic mass is 15.3. The van der Waals surface area contributed by atoms with Gasteiger partial charge in [0.1, 0.15) is 0 Å². The van der Waals surface area contributed by atoms with Gasteiger partial charge in [0, 0.05) is 11.3 Å². The van der Waals surface area contributed by atoms with Gasteiger partial charge in [0.15, 0.2) is 11.6 Å². The molecule has 0 bridgehead atoms. The zero-order chi connectivity index (χ0) is 14.8. The molecule has 3 rings (SSSR count). The van der Waals surface area contributed by atoms with E-state index in [1.165, 1.54) is 11.1 Å². The number of aryl methyl sites for hydroxylation is 2. The number of aromatic nitrogens is 3. The van der Waals surface area contributed by atoms with Crippen molar-refractivity contribution in [2.75, 3.05) is 0 Å². The fourth-order valence-corrected chi connectivity index (χ4v) is 2.54. The van der Waals surface area contributed by atoms with E-state index in [0.717, 1.165) is 22.9 Å². The lowest BCUT2D eigenvalue weighted by Crippen LogP contribution is -2.08. The van der Waals surface area contributed by atoms with E-state index in [1.807, 2.05) is 34.9 Å². The van der Waals surface area contributed by atoms with Gasteiger partial charge in [-0.25, -0.2) is 0 Å². The Kier molecular flexibility index (Phi) is 3.54. The minimum atomic E-state index is 0.354. The lowest BCUT2D eigenvalue weighted by molar-refractivity contribution is 0.861. The Morgan fingerprint density at radius 3 is 2.43 bits per heavy atom. The first-order valence-corrected chi connectivity index (χ1v) is 6.98. The second kappa shape index (κ2) is 5.50. The van der Waals surface area contributed by atoms with Gasteiger partial charge in [-0.1, -0.05) is 42.0 Å². The van der Waals surface area contributed by atoms with Crippen molar-refractivity contribution in [2.24, 2.45) is 5.73 Å². The molecular weight excluding hydrogens is 260 g/mol. The van der Waals surface area contributed by atoms with Crippen LogP contribution in [0, 0.1) is 13.8 Å². The summed E-state index contributed by atoms with van der Waals surface area (Å²) in [5.41, 5.74) is 10.3. The molecule has 0 aliphatic carbocycles. The molecule has 0 radical (unpaired) electrons. The van der Waals surface area contributed by atoms with Crippen molar-refractivity contribution in [3.05, 3.63) is 65.5 Å². The van der Waals surface area contributed by atoms with Gasteiger partial charge in [-0.2, -0.15) is 0 Å². The van der Waals surface area contributed by atoms with Crippen LogP contribution in [0.2, 0.25) is 0 Å². The topological polar surface area (TPSA) is 56.7 Å². The van der Waals surface area contributed by atoms with Gasteiger partial charge >= 0.3 is 0 Å². The van der Waals surface area contributed by atoms with Crippen molar-refractivity contribution in [3.8, 4) is 17.1 Å². The summed E-state index contributed by atoms with van der Waals surface area (Å²) in [6.07, 6.45) is 0. The lowest BCUT2D eigenvalue weighted by Gasteiger charge is -2.11. The van der Waals surface area contributed by atoms with Crippen molar-refractivity contribution in [1.29, 1.82) is 0 Å². The third kappa shape index (κ3) is 2.45. The minimum absolute atomic E-state index is 0.354. The lowest BCUT2D eigenvalue weighted by atomic mass is 10.1. The molecular formula is C17H18N4. The molecule has 0 spiro atoms. The van der Waals surface area contributed by atoms with Crippen molar-refractivity contribution < 1.29 is 0 Å². The number of hydrogen-bond donors (Lipinski definition) is 1. The monoisotopic (exact) mass is 278 g/mol. The summed E-state index contributed by atoms with van der Waals surface area (Å²) in [7, 11) is 0. The smallest absolute Gasteiger partial charge is 0.168 e. The molecule has 0 aliphatic rings. The van der Waals surface area contributed by atoms with E-state index >= 15 is 0 Å². The second-order valence-corrected chi connectivity index (χ2v) is 5.13. The van der Waals surface area contributed by atoms with Crippen LogP contribution < -0.4 is 5.73 Å². The molecule has 0 amide bonds. The zero-order valence-electron chi connectivity index (χ0n) is 12.2. The van der Waals surface area contributed by atoms with Crippen molar-refractivity contribution >= 4 is 0 Å². The molecule has 0 fully saturated rings. The molecule has 0 unspecified atom stereocenters. The molecule has 0 aliphatic heterocycles. The average molecular weight is 278 g/mol. The third-order valence-electron chi connectivity index (χ3n) is 3.55. The van der Waals surface area contributed by atoms with E-state index in [1.54, 1.807) is 0 Å². The van der Waals surface area contributed by atoms with Gasteiger partial charge in [-0.3, -0.25) is 4.57 Å². The van der Waals surface area contributed by atoms with Crippen molar-refractivity contribution in [3.63, 3.8) is 0 Å². The number of rotatable bonds is 3. The van der Waals surface area contributed by atoms with Crippen LogP contribution >= 0.6 is 0 Å². The normalized spacial score (nSPS) is 10.8. The molecule has 106 valence electrons. The van der Waals surface area contributed by atoms with E-state index in [9.17, 15) is 0 Å². The molecule has 4 nitrogen and oxygen atoms in total. The molecule has 1 aromatic heterocycles. The number of benzene rings is 2. The Bertz CT molecular complexity index is 760. The fourth-order valence-electron chi connectivity index (χ4n) is 2.54. The van der Waals surface area contributed by atoms with Crippen LogP contribution in [0.15, 0.2) is 48.5 Å².